The fourth-order valence-electron chi connectivity index (χ4n) is 0.889. The highest BCUT2D eigenvalue weighted by molar-refractivity contribution is 4.75. The van der Waals surface area contributed by atoms with Gasteiger partial charge in [-0.15, -0.1) is 0 Å². The van der Waals surface area contributed by atoms with E-state index in [4.69, 9.17) is 4.74 Å². The lowest BCUT2D eigenvalue weighted by molar-refractivity contribution is 0.139. The van der Waals surface area contributed by atoms with Crippen molar-refractivity contribution >= 4 is 0 Å². The second kappa shape index (κ2) is 7.61. The zero-order valence-corrected chi connectivity index (χ0v) is 7.84. The number of hydrogen-bond donors (Lipinski definition) is 0. The monoisotopic (exact) mass is 157 g/mol. The van der Waals surface area contributed by atoms with Crippen molar-refractivity contribution in [3.05, 3.63) is 12.3 Å². The first kappa shape index (κ1) is 10.5. The normalized spacial score (nSPS) is 10.8. The van der Waals surface area contributed by atoms with Crippen LogP contribution >= 0.6 is 0 Å². The van der Waals surface area contributed by atoms with Crippen molar-refractivity contribution in [1.29, 1.82) is 0 Å². The molecule has 0 aromatic heterocycles. The molecule has 0 rings (SSSR count). The van der Waals surface area contributed by atoms with E-state index >= 15 is 0 Å². The highest BCUT2D eigenvalue weighted by Crippen LogP contribution is 1.89. The maximum Gasteiger partial charge on any atom is 0.0482 e. The summed E-state index contributed by atoms with van der Waals surface area (Å²) in [4.78, 5) is 2.17. The van der Waals surface area contributed by atoms with Crippen LogP contribution in [0.1, 0.15) is 20.3 Å². The summed E-state index contributed by atoms with van der Waals surface area (Å²) < 4.78 is 5.21. The highest BCUT2D eigenvalue weighted by Gasteiger charge is 1.89. The van der Waals surface area contributed by atoms with Gasteiger partial charge in [0, 0.05) is 26.8 Å². The van der Waals surface area contributed by atoms with Gasteiger partial charge in [-0.1, -0.05) is 6.08 Å². The predicted octanol–water partition coefficient (Wildman–Crippen LogP) is 1.88. The summed E-state index contributed by atoms with van der Waals surface area (Å²) in [7, 11) is 2.08. The molecule has 0 aromatic rings. The minimum Gasteiger partial charge on any atom is -0.382 e. The van der Waals surface area contributed by atoms with Crippen molar-refractivity contribution in [3.8, 4) is 0 Å². The van der Waals surface area contributed by atoms with Gasteiger partial charge in [0.15, 0.2) is 0 Å². The molecule has 0 heterocycles. The zero-order valence-electron chi connectivity index (χ0n) is 7.84. The molecule has 0 atom stereocenters. The summed E-state index contributed by atoms with van der Waals surface area (Å²) >= 11 is 0. The van der Waals surface area contributed by atoms with E-state index in [1.165, 1.54) is 0 Å². The third kappa shape index (κ3) is 7.40. The van der Waals surface area contributed by atoms with E-state index < -0.39 is 0 Å². The first-order chi connectivity index (χ1) is 5.31. The minimum atomic E-state index is 0.827. The van der Waals surface area contributed by atoms with Gasteiger partial charge in [-0.2, -0.15) is 0 Å². The standard InChI is InChI=1S/C9H19NO/c1-4-7-10(3)8-6-9-11-5-2/h4,7H,5-6,8-9H2,1-3H3/b7-4+. The fraction of sp³-hybridized carbons (Fsp3) is 0.778. The Morgan fingerprint density at radius 1 is 1.45 bits per heavy atom. The molecular formula is C9H19NO. The van der Waals surface area contributed by atoms with Crippen LogP contribution in [0.2, 0.25) is 0 Å². The van der Waals surface area contributed by atoms with Crippen LogP contribution in [0.4, 0.5) is 0 Å². The van der Waals surface area contributed by atoms with E-state index in [0.29, 0.717) is 0 Å². The summed E-state index contributed by atoms with van der Waals surface area (Å²) in [6, 6.07) is 0. The molecule has 0 aliphatic rings. The van der Waals surface area contributed by atoms with Crippen molar-refractivity contribution < 1.29 is 4.74 Å². The Hall–Kier alpha value is -0.500. The van der Waals surface area contributed by atoms with Crippen LogP contribution in [0.25, 0.3) is 0 Å². The smallest absolute Gasteiger partial charge is 0.0482 e. The van der Waals surface area contributed by atoms with Gasteiger partial charge in [0.2, 0.25) is 0 Å². The van der Waals surface area contributed by atoms with Crippen molar-refractivity contribution in [1.82, 2.24) is 4.90 Å². The highest BCUT2D eigenvalue weighted by atomic mass is 16.5. The minimum absolute atomic E-state index is 0.827. The van der Waals surface area contributed by atoms with Gasteiger partial charge < -0.3 is 9.64 Å². The van der Waals surface area contributed by atoms with Crippen molar-refractivity contribution in [2.45, 2.75) is 20.3 Å². The third-order valence-electron chi connectivity index (χ3n) is 1.41. The van der Waals surface area contributed by atoms with E-state index in [-0.39, 0.29) is 0 Å². The Labute approximate surface area is 69.8 Å². The number of nitrogens with zero attached hydrogens (tertiary/aromatic N) is 1. The second-order valence-corrected chi connectivity index (χ2v) is 2.51. The molecule has 0 spiro atoms. The molecule has 0 saturated heterocycles. The molecule has 0 fully saturated rings. The van der Waals surface area contributed by atoms with Gasteiger partial charge in [0.05, 0.1) is 0 Å². The molecule has 0 radical (unpaired) electrons. The SMILES string of the molecule is C/C=C/N(C)CCCOCC. The average molecular weight is 157 g/mol. The molecule has 0 amide bonds. The van der Waals surface area contributed by atoms with Gasteiger partial charge in [-0.3, -0.25) is 0 Å². The zero-order chi connectivity index (χ0) is 8.53. The van der Waals surface area contributed by atoms with Crippen LogP contribution in [0.15, 0.2) is 12.3 Å². The van der Waals surface area contributed by atoms with E-state index in [1.54, 1.807) is 0 Å². The molecule has 0 aromatic carbocycles. The molecule has 2 heteroatoms. The van der Waals surface area contributed by atoms with E-state index in [9.17, 15) is 0 Å². The second-order valence-electron chi connectivity index (χ2n) is 2.51. The lowest BCUT2D eigenvalue weighted by atomic mass is 10.4. The van der Waals surface area contributed by atoms with Crippen molar-refractivity contribution in [2.75, 3.05) is 26.8 Å². The van der Waals surface area contributed by atoms with Crippen LogP contribution in [-0.2, 0) is 4.74 Å². The topological polar surface area (TPSA) is 12.5 Å². The summed E-state index contributed by atoms with van der Waals surface area (Å²) in [6.45, 7) is 6.82. The van der Waals surface area contributed by atoms with Gasteiger partial charge in [0.1, 0.15) is 0 Å². The van der Waals surface area contributed by atoms with Gasteiger partial charge in [-0.05, 0) is 26.5 Å². The molecule has 0 N–H and O–H groups in total. The van der Waals surface area contributed by atoms with Crippen LogP contribution in [0, 0.1) is 0 Å². The summed E-state index contributed by atoms with van der Waals surface area (Å²) in [5.41, 5.74) is 0. The fourth-order valence-corrected chi connectivity index (χ4v) is 0.889. The molecule has 11 heavy (non-hydrogen) atoms. The summed E-state index contributed by atoms with van der Waals surface area (Å²) in [5.74, 6) is 0. The lowest BCUT2D eigenvalue weighted by Gasteiger charge is -2.12. The Bertz CT molecular complexity index is 102. The Balaban J connectivity index is 3.10. The predicted molar refractivity (Wildman–Crippen MR) is 48.6 cm³/mol. The first-order valence-electron chi connectivity index (χ1n) is 4.22. The average Bonchev–Trinajstić information content (AvgIpc) is 1.99. The van der Waals surface area contributed by atoms with E-state index in [2.05, 4.69) is 18.1 Å². The Kier molecular flexibility index (Phi) is 7.26. The number of hydrogen-bond acceptors (Lipinski definition) is 2. The molecular weight excluding hydrogens is 138 g/mol. The first-order valence-corrected chi connectivity index (χ1v) is 4.22. The van der Waals surface area contributed by atoms with Gasteiger partial charge in [-0.25, -0.2) is 0 Å². The third-order valence-corrected chi connectivity index (χ3v) is 1.41. The Morgan fingerprint density at radius 3 is 2.73 bits per heavy atom. The molecule has 66 valence electrons. The van der Waals surface area contributed by atoms with Crippen molar-refractivity contribution in [3.63, 3.8) is 0 Å². The van der Waals surface area contributed by atoms with Crippen LogP contribution < -0.4 is 0 Å². The van der Waals surface area contributed by atoms with Crippen LogP contribution in [-0.4, -0.2) is 31.7 Å². The molecule has 2 nitrogen and oxygen atoms in total. The van der Waals surface area contributed by atoms with Gasteiger partial charge in [0.25, 0.3) is 0 Å². The lowest BCUT2D eigenvalue weighted by Crippen LogP contribution is -2.13. The van der Waals surface area contributed by atoms with Crippen LogP contribution in [0.3, 0.4) is 0 Å². The largest absolute Gasteiger partial charge is 0.382 e. The number of rotatable bonds is 6. The maximum atomic E-state index is 5.21. The molecule has 0 saturated carbocycles. The number of allylic oxidation sites excluding steroid dienone is 1. The van der Waals surface area contributed by atoms with Crippen molar-refractivity contribution in [2.24, 2.45) is 0 Å². The quantitative estimate of drug-likeness (QED) is 0.546. The number of ether oxygens (including phenoxy) is 1. The summed E-state index contributed by atoms with van der Waals surface area (Å²) in [5, 5.41) is 0. The molecule has 0 aliphatic heterocycles. The van der Waals surface area contributed by atoms with Crippen LogP contribution in [0.5, 0.6) is 0 Å². The molecule has 0 bridgehead atoms. The van der Waals surface area contributed by atoms with E-state index in [1.807, 2.05) is 19.9 Å². The van der Waals surface area contributed by atoms with Gasteiger partial charge >= 0.3 is 0 Å². The maximum absolute atomic E-state index is 5.21. The summed E-state index contributed by atoms with van der Waals surface area (Å²) in [6.07, 6.45) is 5.22. The molecule has 0 unspecified atom stereocenters. The molecule has 0 aliphatic carbocycles. The Morgan fingerprint density at radius 2 is 2.18 bits per heavy atom. The van der Waals surface area contributed by atoms with E-state index in [0.717, 1.165) is 26.2 Å².